The van der Waals surface area contributed by atoms with Crippen LogP contribution in [0.4, 0.5) is 4.79 Å². The van der Waals surface area contributed by atoms with E-state index in [1.807, 2.05) is 0 Å². The summed E-state index contributed by atoms with van der Waals surface area (Å²) >= 11 is 0. The standard InChI is InChI=1S/C9H15NO2/c1-12-8(11)10-6-9-4-2-3-7(9)5-9/h7H,2-6H2,1H3,(H,10,11). The molecule has 0 aliphatic heterocycles. The molecule has 68 valence electrons. The first-order valence-electron chi connectivity index (χ1n) is 4.59. The summed E-state index contributed by atoms with van der Waals surface area (Å²) in [5.74, 6) is 0.898. The van der Waals surface area contributed by atoms with Crippen LogP contribution in [0.1, 0.15) is 25.7 Å². The van der Waals surface area contributed by atoms with Crippen molar-refractivity contribution in [1.82, 2.24) is 5.32 Å². The molecule has 0 saturated heterocycles. The lowest BCUT2D eigenvalue weighted by molar-refractivity contribution is 0.168. The van der Waals surface area contributed by atoms with Crippen LogP contribution >= 0.6 is 0 Å². The van der Waals surface area contributed by atoms with Gasteiger partial charge in [-0.3, -0.25) is 0 Å². The number of amides is 1. The Bertz CT molecular complexity index is 205. The first-order chi connectivity index (χ1) is 5.77. The van der Waals surface area contributed by atoms with Gasteiger partial charge in [-0.25, -0.2) is 4.79 Å². The molecule has 2 aliphatic rings. The largest absolute Gasteiger partial charge is 0.453 e. The minimum absolute atomic E-state index is 0.290. The molecule has 2 atom stereocenters. The first kappa shape index (κ1) is 7.90. The minimum atomic E-state index is -0.290. The van der Waals surface area contributed by atoms with Gasteiger partial charge < -0.3 is 10.1 Å². The van der Waals surface area contributed by atoms with Crippen molar-refractivity contribution in [2.24, 2.45) is 11.3 Å². The lowest BCUT2D eigenvalue weighted by atomic mass is 10.0. The Morgan fingerprint density at radius 2 is 2.58 bits per heavy atom. The number of ether oxygens (including phenoxy) is 1. The zero-order valence-electron chi connectivity index (χ0n) is 7.43. The third-order valence-electron chi connectivity index (χ3n) is 3.36. The fourth-order valence-corrected chi connectivity index (χ4v) is 2.47. The maximum atomic E-state index is 10.8. The Labute approximate surface area is 72.5 Å². The highest BCUT2D eigenvalue weighted by atomic mass is 16.5. The summed E-state index contributed by atoms with van der Waals surface area (Å²) < 4.78 is 4.52. The number of carbonyl (C=O) groups is 1. The van der Waals surface area contributed by atoms with Crippen LogP contribution in [0.25, 0.3) is 0 Å². The monoisotopic (exact) mass is 169 g/mol. The van der Waals surface area contributed by atoms with E-state index < -0.39 is 0 Å². The average Bonchev–Trinajstić information content (AvgIpc) is 2.65. The summed E-state index contributed by atoms with van der Waals surface area (Å²) in [5, 5.41) is 2.80. The molecule has 0 radical (unpaired) electrons. The molecule has 12 heavy (non-hydrogen) atoms. The molecule has 2 saturated carbocycles. The number of fused-ring (bicyclic) bond motifs is 1. The Morgan fingerprint density at radius 1 is 1.75 bits per heavy atom. The van der Waals surface area contributed by atoms with Crippen molar-refractivity contribution in [3.8, 4) is 0 Å². The van der Waals surface area contributed by atoms with Gasteiger partial charge in [-0.1, -0.05) is 6.42 Å². The smallest absolute Gasteiger partial charge is 0.406 e. The summed E-state index contributed by atoms with van der Waals surface area (Å²) in [6.07, 6.45) is 5.02. The molecule has 0 aromatic rings. The second-order valence-corrected chi connectivity index (χ2v) is 4.00. The van der Waals surface area contributed by atoms with E-state index in [4.69, 9.17) is 0 Å². The Morgan fingerprint density at radius 3 is 3.08 bits per heavy atom. The summed E-state index contributed by atoms with van der Waals surface area (Å²) in [7, 11) is 1.41. The maximum absolute atomic E-state index is 10.8. The molecule has 2 unspecified atom stereocenters. The fourth-order valence-electron chi connectivity index (χ4n) is 2.47. The number of hydrogen-bond acceptors (Lipinski definition) is 2. The second kappa shape index (κ2) is 2.64. The summed E-state index contributed by atoms with van der Waals surface area (Å²) in [4.78, 5) is 10.8. The van der Waals surface area contributed by atoms with Crippen LogP contribution in [0.2, 0.25) is 0 Å². The molecule has 1 amide bonds. The van der Waals surface area contributed by atoms with Gasteiger partial charge in [0.25, 0.3) is 0 Å². The predicted molar refractivity (Wildman–Crippen MR) is 44.8 cm³/mol. The molecule has 0 bridgehead atoms. The average molecular weight is 169 g/mol. The fraction of sp³-hybridized carbons (Fsp3) is 0.889. The van der Waals surface area contributed by atoms with Crippen LogP contribution in [0, 0.1) is 11.3 Å². The third-order valence-corrected chi connectivity index (χ3v) is 3.36. The molecule has 0 aromatic carbocycles. The summed E-state index contributed by atoms with van der Waals surface area (Å²) in [6, 6.07) is 0. The second-order valence-electron chi connectivity index (χ2n) is 4.00. The van der Waals surface area contributed by atoms with Gasteiger partial charge in [0.2, 0.25) is 0 Å². The van der Waals surface area contributed by atoms with Gasteiger partial charge in [0.1, 0.15) is 0 Å². The molecule has 0 heterocycles. The van der Waals surface area contributed by atoms with E-state index in [2.05, 4.69) is 10.1 Å². The summed E-state index contributed by atoms with van der Waals surface area (Å²) in [5.41, 5.74) is 0.480. The Balaban J connectivity index is 1.77. The highest BCUT2D eigenvalue weighted by Crippen LogP contribution is 2.62. The highest BCUT2D eigenvalue weighted by molar-refractivity contribution is 5.67. The minimum Gasteiger partial charge on any atom is -0.453 e. The molecule has 1 N–H and O–H groups in total. The van der Waals surface area contributed by atoms with Crippen LogP contribution in [0.5, 0.6) is 0 Å². The van der Waals surface area contributed by atoms with Crippen LogP contribution in [0.3, 0.4) is 0 Å². The van der Waals surface area contributed by atoms with Crippen LogP contribution in [-0.2, 0) is 4.74 Å². The van der Waals surface area contributed by atoms with E-state index in [-0.39, 0.29) is 6.09 Å². The van der Waals surface area contributed by atoms with Crippen molar-refractivity contribution in [3.63, 3.8) is 0 Å². The van der Waals surface area contributed by atoms with Crippen LogP contribution in [-0.4, -0.2) is 19.7 Å². The Kier molecular flexibility index (Phi) is 1.74. The van der Waals surface area contributed by atoms with Gasteiger partial charge in [0.15, 0.2) is 0 Å². The predicted octanol–water partition coefficient (Wildman–Crippen LogP) is 1.53. The lowest BCUT2D eigenvalue weighted by Gasteiger charge is -2.11. The van der Waals surface area contributed by atoms with Crippen LogP contribution < -0.4 is 5.32 Å². The van der Waals surface area contributed by atoms with Gasteiger partial charge in [-0.05, 0) is 30.6 Å². The lowest BCUT2D eigenvalue weighted by Crippen LogP contribution is -2.29. The van der Waals surface area contributed by atoms with Gasteiger partial charge in [-0.15, -0.1) is 0 Å². The zero-order valence-corrected chi connectivity index (χ0v) is 7.43. The van der Waals surface area contributed by atoms with E-state index in [0.29, 0.717) is 5.41 Å². The number of nitrogens with one attached hydrogen (secondary N) is 1. The molecular formula is C9H15NO2. The molecule has 0 spiro atoms. The summed E-state index contributed by atoms with van der Waals surface area (Å²) in [6.45, 7) is 0.824. The molecular weight excluding hydrogens is 154 g/mol. The van der Waals surface area contributed by atoms with Gasteiger partial charge in [0.05, 0.1) is 7.11 Å². The zero-order chi connectivity index (χ0) is 8.60. The quantitative estimate of drug-likeness (QED) is 0.680. The van der Waals surface area contributed by atoms with Crippen molar-refractivity contribution in [1.29, 1.82) is 0 Å². The highest BCUT2D eigenvalue weighted by Gasteiger charge is 2.56. The molecule has 3 nitrogen and oxygen atoms in total. The normalized spacial score (nSPS) is 37.2. The number of alkyl carbamates (subject to hydrolysis) is 1. The molecule has 3 heteroatoms. The van der Waals surface area contributed by atoms with E-state index in [0.717, 1.165) is 12.5 Å². The molecule has 2 fully saturated rings. The molecule has 2 aliphatic carbocycles. The molecule has 2 rings (SSSR count). The molecule has 0 aromatic heterocycles. The van der Waals surface area contributed by atoms with E-state index in [9.17, 15) is 4.79 Å². The van der Waals surface area contributed by atoms with Crippen LogP contribution in [0.15, 0.2) is 0 Å². The van der Waals surface area contributed by atoms with E-state index >= 15 is 0 Å². The van der Waals surface area contributed by atoms with Gasteiger partial charge in [-0.2, -0.15) is 0 Å². The number of carbonyl (C=O) groups excluding carboxylic acids is 1. The van der Waals surface area contributed by atoms with E-state index in [1.54, 1.807) is 0 Å². The third kappa shape index (κ3) is 1.17. The SMILES string of the molecule is COC(=O)NCC12CCCC1C2. The number of methoxy groups -OCH3 is 1. The first-order valence-corrected chi connectivity index (χ1v) is 4.59. The van der Waals surface area contributed by atoms with Crippen molar-refractivity contribution in [2.75, 3.05) is 13.7 Å². The van der Waals surface area contributed by atoms with Gasteiger partial charge >= 0.3 is 6.09 Å². The van der Waals surface area contributed by atoms with Crippen molar-refractivity contribution < 1.29 is 9.53 Å². The van der Waals surface area contributed by atoms with Gasteiger partial charge in [0, 0.05) is 6.54 Å². The number of hydrogen-bond donors (Lipinski definition) is 1. The maximum Gasteiger partial charge on any atom is 0.406 e. The van der Waals surface area contributed by atoms with Crippen molar-refractivity contribution in [2.45, 2.75) is 25.7 Å². The van der Waals surface area contributed by atoms with E-state index in [1.165, 1.54) is 32.8 Å². The van der Waals surface area contributed by atoms with Crippen molar-refractivity contribution >= 4 is 6.09 Å². The van der Waals surface area contributed by atoms with Crippen molar-refractivity contribution in [3.05, 3.63) is 0 Å². The topological polar surface area (TPSA) is 38.3 Å². The number of rotatable bonds is 2. The Hall–Kier alpha value is -0.730.